The minimum absolute atomic E-state index is 0.116. The summed E-state index contributed by atoms with van der Waals surface area (Å²) in [6.45, 7) is 6.86. The number of ether oxygens (including phenoxy) is 8. The van der Waals surface area contributed by atoms with Crippen LogP contribution in [0.5, 0.6) is 0 Å². The molecule has 13 nitrogen and oxygen atoms in total. The van der Waals surface area contributed by atoms with E-state index in [-0.39, 0.29) is 13.1 Å². The molecule has 1 aromatic carbocycles. The standard InChI is InChI=1S/C27H37ClN2O11/c1-26(2)38-21-19(34-5)17(36-23(21)40-26)15(31)10-29-13-8-7-12(28)9-14(13)30(25(29)33)11-16(32)18-20(35-6)22-24(37-18)41-27(3,4)39-22/h7-9,15-24,31-32H,10-11H2,1-6H3/t15-,16+,17+,18+,19-,20-,21+,22-,23+,24-/m1/s1. The highest BCUT2D eigenvalue weighted by atomic mass is 35.5. The number of nitrogens with zero attached hydrogens (tertiary/aromatic N) is 2. The lowest BCUT2D eigenvalue weighted by molar-refractivity contribution is -0.228. The number of halogens is 1. The van der Waals surface area contributed by atoms with E-state index >= 15 is 0 Å². The first-order valence-corrected chi connectivity index (χ1v) is 14.0. The van der Waals surface area contributed by atoms with Crippen molar-refractivity contribution in [3.63, 3.8) is 0 Å². The molecule has 0 spiro atoms. The molecule has 0 saturated carbocycles. The van der Waals surface area contributed by atoms with Crippen molar-refractivity contribution >= 4 is 22.6 Å². The molecule has 4 aliphatic rings. The molecular formula is C27H37ClN2O11. The van der Waals surface area contributed by atoms with Crippen molar-refractivity contribution in [1.29, 1.82) is 0 Å². The van der Waals surface area contributed by atoms with Crippen LogP contribution in [-0.4, -0.2) is 107 Å². The van der Waals surface area contributed by atoms with Crippen LogP contribution < -0.4 is 5.69 Å². The molecule has 2 N–H and O–H groups in total. The number of fused-ring (bicyclic) bond motifs is 3. The Morgan fingerprint density at radius 1 is 0.829 bits per heavy atom. The highest BCUT2D eigenvalue weighted by Crippen LogP contribution is 2.41. The van der Waals surface area contributed by atoms with Gasteiger partial charge in [-0.15, -0.1) is 0 Å². The Kier molecular flexibility index (Phi) is 7.56. The molecule has 4 fully saturated rings. The van der Waals surface area contributed by atoms with Crippen molar-refractivity contribution in [2.75, 3.05) is 14.2 Å². The maximum absolute atomic E-state index is 13.8. The Hall–Kier alpha value is -1.62. The van der Waals surface area contributed by atoms with Gasteiger partial charge >= 0.3 is 5.69 Å². The van der Waals surface area contributed by atoms with Crippen LogP contribution in [0, 0.1) is 0 Å². The van der Waals surface area contributed by atoms with Crippen LogP contribution in [0.15, 0.2) is 23.0 Å². The SMILES string of the molecule is CO[C@@H]1[C@H]([C@@H](O)Cn2c(=O)n(C[C@@H](O)[C@@H]3O[C@H]4OC(C)(C)O[C@H]4[C@@H]3OC)c3ccc(Cl)cc32)O[C@@H]2OC(C)(C)O[C@@H]21. The number of benzene rings is 1. The quantitative estimate of drug-likeness (QED) is 0.447. The van der Waals surface area contributed by atoms with E-state index in [4.69, 9.17) is 49.5 Å². The van der Waals surface area contributed by atoms with Gasteiger partial charge in [0.15, 0.2) is 24.2 Å². The number of hydrogen-bond acceptors (Lipinski definition) is 11. The van der Waals surface area contributed by atoms with E-state index < -0.39 is 78.7 Å². The third kappa shape index (κ3) is 5.14. The Balaban J connectivity index is 1.25. The smallest absolute Gasteiger partial charge is 0.329 e. The van der Waals surface area contributed by atoms with Gasteiger partial charge in [-0.05, 0) is 45.9 Å². The molecule has 0 unspecified atom stereocenters. The number of rotatable bonds is 8. The Morgan fingerprint density at radius 2 is 1.29 bits per heavy atom. The van der Waals surface area contributed by atoms with Gasteiger partial charge in [0.1, 0.15) is 48.8 Å². The topological polar surface area (TPSA) is 141 Å². The number of aromatic nitrogens is 2. The molecule has 10 atom stereocenters. The summed E-state index contributed by atoms with van der Waals surface area (Å²) in [6.07, 6.45) is -7.65. The molecule has 228 valence electrons. The number of aliphatic hydroxyl groups excluding tert-OH is 2. The van der Waals surface area contributed by atoms with Gasteiger partial charge in [-0.2, -0.15) is 0 Å². The minimum atomic E-state index is -1.16. The summed E-state index contributed by atoms with van der Waals surface area (Å²) in [5, 5.41) is 23.0. The molecule has 0 bridgehead atoms. The van der Waals surface area contributed by atoms with E-state index in [1.807, 2.05) is 0 Å². The molecular weight excluding hydrogens is 564 g/mol. The zero-order chi connectivity index (χ0) is 29.4. The molecule has 41 heavy (non-hydrogen) atoms. The fourth-order valence-corrected chi connectivity index (χ4v) is 6.56. The van der Waals surface area contributed by atoms with Crippen LogP contribution >= 0.6 is 11.6 Å². The summed E-state index contributed by atoms with van der Waals surface area (Å²) in [7, 11) is 3.02. The van der Waals surface area contributed by atoms with Crippen molar-refractivity contribution in [2.24, 2.45) is 0 Å². The summed E-state index contributed by atoms with van der Waals surface area (Å²) in [5.74, 6) is -1.69. The molecule has 5 heterocycles. The lowest BCUT2D eigenvalue weighted by atomic mass is 10.1. The minimum Gasteiger partial charge on any atom is -0.388 e. The van der Waals surface area contributed by atoms with E-state index in [2.05, 4.69) is 0 Å². The number of imidazole rings is 1. The fourth-order valence-electron chi connectivity index (χ4n) is 6.39. The maximum Gasteiger partial charge on any atom is 0.329 e. The maximum atomic E-state index is 13.8. The second-order valence-electron chi connectivity index (χ2n) is 11.8. The molecule has 1 aromatic heterocycles. The van der Waals surface area contributed by atoms with Crippen molar-refractivity contribution in [2.45, 2.75) is 114 Å². The lowest BCUT2D eigenvalue weighted by Gasteiger charge is -2.28. The predicted octanol–water partition coefficient (Wildman–Crippen LogP) is 0.961. The second-order valence-corrected chi connectivity index (χ2v) is 12.2. The monoisotopic (exact) mass is 600 g/mol. The third-order valence-corrected chi connectivity index (χ3v) is 8.31. The predicted molar refractivity (Wildman–Crippen MR) is 142 cm³/mol. The number of hydrogen-bond donors (Lipinski definition) is 2. The summed E-state index contributed by atoms with van der Waals surface area (Å²) in [4.78, 5) is 13.8. The van der Waals surface area contributed by atoms with Gasteiger partial charge < -0.3 is 48.1 Å². The first-order chi connectivity index (χ1) is 19.3. The second kappa shape index (κ2) is 10.5. The van der Waals surface area contributed by atoms with E-state index in [1.165, 1.54) is 23.4 Å². The van der Waals surface area contributed by atoms with Gasteiger partial charge in [0.2, 0.25) is 0 Å². The highest BCUT2D eigenvalue weighted by molar-refractivity contribution is 6.31. The van der Waals surface area contributed by atoms with Crippen molar-refractivity contribution in [3.05, 3.63) is 33.7 Å². The van der Waals surface area contributed by atoms with Crippen LogP contribution in [0.4, 0.5) is 0 Å². The summed E-state index contributed by atoms with van der Waals surface area (Å²) in [5.41, 5.74) is 0.546. The molecule has 14 heteroatoms. The van der Waals surface area contributed by atoms with E-state index in [9.17, 15) is 15.0 Å². The van der Waals surface area contributed by atoms with Crippen LogP contribution in [0.1, 0.15) is 27.7 Å². The van der Waals surface area contributed by atoms with Crippen LogP contribution in [0.2, 0.25) is 5.02 Å². The van der Waals surface area contributed by atoms with Gasteiger partial charge in [-0.25, -0.2) is 4.79 Å². The zero-order valence-electron chi connectivity index (χ0n) is 23.8. The molecule has 2 aromatic rings. The van der Waals surface area contributed by atoms with Crippen molar-refractivity contribution < 1.29 is 48.1 Å². The van der Waals surface area contributed by atoms with Gasteiger partial charge in [0, 0.05) is 19.2 Å². The van der Waals surface area contributed by atoms with E-state index in [1.54, 1.807) is 45.9 Å². The fraction of sp³-hybridized carbons (Fsp3) is 0.741. The third-order valence-electron chi connectivity index (χ3n) is 8.08. The van der Waals surface area contributed by atoms with E-state index in [0.717, 1.165) is 0 Å². The Bertz CT molecular complexity index is 1340. The molecule has 4 saturated heterocycles. The molecule has 6 rings (SSSR count). The molecule has 0 amide bonds. The molecule has 0 aliphatic carbocycles. The van der Waals surface area contributed by atoms with Crippen molar-refractivity contribution in [1.82, 2.24) is 9.13 Å². The average molecular weight is 601 g/mol. The summed E-state index contributed by atoms with van der Waals surface area (Å²) < 4.78 is 49.5. The Morgan fingerprint density at radius 3 is 1.76 bits per heavy atom. The largest absolute Gasteiger partial charge is 0.388 e. The molecule has 4 aliphatic heterocycles. The van der Waals surface area contributed by atoms with Gasteiger partial charge in [-0.3, -0.25) is 9.13 Å². The normalized spacial score (nSPS) is 37.0. The average Bonchev–Trinajstić information content (AvgIpc) is 3.63. The summed E-state index contributed by atoms with van der Waals surface area (Å²) in [6, 6.07) is 4.99. The first kappa shape index (κ1) is 29.5. The van der Waals surface area contributed by atoms with Gasteiger partial charge in [0.25, 0.3) is 0 Å². The van der Waals surface area contributed by atoms with Crippen LogP contribution in [0.25, 0.3) is 11.0 Å². The molecule has 0 radical (unpaired) electrons. The van der Waals surface area contributed by atoms with Crippen LogP contribution in [0.3, 0.4) is 0 Å². The van der Waals surface area contributed by atoms with Crippen LogP contribution in [-0.2, 0) is 51.0 Å². The highest BCUT2D eigenvalue weighted by Gasteiger charge is 2.58. The van der Waals surface area contributed by atoms with Crippen molar-refractivity contribution in [3.8, 4) is 0 Å². The first-order valence-electron chi connectivity index (χ1n) is 13.6. The van der Waals surface area contributed by atoms with E-state index in [0.29, 0.717) is 16.1 Å². The van der Waals surface area contributed by atoms with Gasteiger partial charge in [0.05, 0.1) is 24.1 Å². The van der Waals surface area contributed by atoms with Gasteiger partial charge in [-0.1, -0.05) is 11.6 Å². The number of aliphatic hydroxyl groups is 2. The summed E-state index contributed by atoms with van der Waals surface area (Å²) >= 11 is 6.30. The Labute approximate surface area is 241 Å². The zero-order valence-corrected chi connectivity index (χ0v) is 24.5. The number of methoxy groups -OCH3 is 2. The lowest BCUT2D eigenvalue weighted by Crippen LogP contribution is -2.46.